The second-order valence-corrected chi connectivity index (χ2v) is 10.6. The van der Waals surface area contributed by atoms with Crippen molar-refractivity contribution in [1.82, 2.24) is 10.0 Å². The predicted octanol–water partition coefficient (Wildman–Crippen LogP) is 3.62. The van der Waals surface area contributed by atoms with E-state index >= 15 is 0 Å². The molecule has 0 atom stereocenters. The molecule has 1 aliphatic heterocycles. The number of sulfonamides is 1. The molecule has 0 bridgehead atoms. The standard InChI is InChI=1S/C28H33N3O5S/c1-35-26-13-12-21(20-27(26)36-2)14-17-29-28(32)24-10-6-7-11-25(24)31-18-15-22(16-19-31)30-37(33,34)23-8-4-3-5-9-23/h3-13,20,22,30H,14-19H2,1-2H3,(H,29,32). The summed E-state index contributed by atoms with van der Waals surface area (Å²) in [4.78, 5) is 15.5. The van der Waals surface area contributed by atoms with Gasteiger partial charge in [-0.05, 0) is 61.2 Å². The van der Waals surface area contributed by atoms with Gasteiger partial charge in [0, 0.05) is 31.4 Å². The Hall–Kier alpha value is -3.56. The molecule has 1 heterocycles. The van der Waals surface area contributed by atoms with Crippen molar-refractivity contribution in [2.45, 2.75) is 30.2 Å². The van der Waals surface area contributed by atoms with Crippen LogP contribution in [0.15, 0.2) is 77.7 Å². The number of anilines is 1. The summed E-state index contributed by atoms with van der Waals surface area (Å²) < 4.78 is 38.8. The maximum Gasteiger partial charge on any atom is 0.253 e. The number of rotatable bonds is 10. The maximum absolute atomic E-state index is 13.1. The van der Waals surface area contributed by atoms with Gasteiger partial charge in [0.05, 0.1) is 24.7 Å². The number of ether oxygens (including phenoxy) is 2. The molecule has 1 saturated heterocycles. The molecule has 0 unspecified atom stereocenters. The summed E-state index contributed by atoms with van der Waals surface area (Å²) in [7, 11) is -0.356. The molecule has 0 aromatic heterocycles. The smallest absolute Gasteiger partial charge is 0.253 e. The molecule has 9 heteroatoms. The SMILES string of the molecule is COc1ccc(CCNC(=O)c2ccccc2N2CCC(NS(=O)(=O)c3ccccc3)CC2)cc1OC. The number of para-hydroxylation sites is 1. The molecular formula is C28H33N3O5S. The quantitative estimate of drug-likeness (QED) is 0.421. The molecule has 0 saturated carbocycles. The number of hydrogen-bond donors (Lipinski definition) is 2. The van der Waals surface area contributed by atoms with Gasteiger partial charge < -0.3 is 19.7 Å². The highest BCUT2D eigenvalue weighted by Crippen LogP contribution is 2.28. The lowest BCUT2D eigenvalue weighted by molar-refractivity contribution is 0.0954. The monoisotopic (exact) mass is 523 g/mol. The minimum atomic E-state index is -3.55. The molecule has 3 aromatic rings. The maximum atomic E-state index is 13.1. The van der Waals surface area contributed by atoms with Crippen LogP contribution < -0.4 is 24.4 Å². The summed E-state index contributed by atoms with van der Waals surface area (Å²) in [5.74, 6) is 1.19. The highest BCUT2D eigenvalue weighted by molar-refractivity contribution is 7.89. The molecule has 0 radical (unpaired) electrons. The normalized spacial score (nSPS) is 14.3. The van der Waals surface area contributed by atoms with Gasteiger partial charge in [-0.15, -0.1) is 0 Å². The zero-order valence-electron chi connectivity index (χ0n) is 21.1. The third-order valence-corrected chi connectivity index (χ3v) is 8.04. The summed E-state index contributed by atoms with van der Waals surface area (Å²) >= 11 is 0. The van der Waals surface area contributed by atoms with Crippen LogP contribution in [0.2, 0.25) is 0 Å². The Bertz CT molecular complexity index is 1310. The lowest BCUT2D eigenvalue weighted by atomic mass is 10.0. The molecule has 0 aliphatic carbocycles. The fourth-order valence-electron chi connectivity index (χ4n) is 4.52. The summed E-state index contributed by atoms with van der Waals surface area (Å²) in [6.07, 6.45) is 1.96. The summed E-state index contributed by atoms with van der Waals surface area (Å²) in [5, 5.41) is 3.02. The number of methoxy groups -OCH3 is 2. The first-order valence-corrected chi connectivity index (χ1v) is 13.8. The Morgan fingerprint density at radius 1 is 0.919 bits per heavy atom. The minimum Gasteiger partial charge on any atom is -0.493 e. The number of nitrogens with zero attached hydrogens (tertiary/aromatic N) is 1. The van der Waals surface area contributed by atoms with Crippen molar-refractivity contribution in [3.8, 4) is 11.5 Å². The van der Waals surface area contributed by atoms with Crippen LogP contribution in [0.3, 0.4) is 0 Å². The van der Waals surface area contributed by atoms with E-state index in [2.05, 4.69) is 14.9 Å². The lowest BCUT2D eigenvalue weighted by Gasteiger charge is -2.34. The average Bonchev–Trinajstić information content (AvgIpc) is 2.93. The second kappa shape index (κ2) is 12.1. The van der Waals surface area contributed by atoms with E-state index < -0.39 is 10.0 Å². The Balaban J connectivity index is 1.34. The van der Waals surface area contributed by atoms with Crippen molar-refractivity contribution in [2.75, 3.05) is 38.8 Å². The van der Waals surface area contributed by atoms with Crippen molar-refractivity contribution < 1.29 is 22.7 Å². The van der Waals surface area contributed by atoms with Crippen molar-refractivity contribution in [3.05, 3.63) is 83.9 Å². The van der Waals surface area contributed by atoms with Crippen LogP contribution in [0.4, 0.5) is 5.69 Å². The first-order valence-electron chi connectivity index (χ1n) is 12.3. The van der Waals surface area contributed by atoms with Gasteiger partial charge in [-0.25, -0.2) is 13.1 Å². The van der Waals surface area contributed by atoms with E-state index in [4.69, 9.17) is 9.47 Å². The first-order chi connectivity index (χ1) is 17.9. The third kappa shape index (κ3) is 6.61. The Morgan fingerprint density at radius 3 is 2.30 bits per heavy atom. The highest BCUT2D eigenvalue weighted by atomic mass is 32.2. The molecule has 3 aromatic carbocycles. The van der Waals surface area contributed by atoms with E-state index in [9.17, 15) is 13.2 Å². The first kappa shape index (κ1) is 26.5. The largest absolute Gasteiger partial charge is 0.493 e. The van der Waals surface area contributed by atoms with Gasteiger partial charge in [0.15, 0.2) is 11.5 Å². The van der Waals surface area contributed by atoms with Crippen LogP contribution in [-0.4, -0.2) is 54.2 Å². The number of nitrogens with one attached hydrogen (secondary N) is 2. The van der Waals surface area contributed by atoms with E-state index in [0.717, 1.165) is 11.3 Å². The van der Waals surface area contributed by atoms with E-state index in [1.807, 2.05) is 42.5 Å². The number of hydrogen-bond acceptors (Lipinski definition) is 6. The average molecular weight is 524 g/mol. The number of benzene rings is 3. The minimum absolute atomic E-state index is 0.136. The van der Waals surface area contributed by atoms with Crippen molar-refractivity contribution >= 4 is 21.6 Å². The Kier molecular flexibility index (Phi) is 8.68. The van der Waals surface area contributed by atoms with Crippen molar-refractivity contribution in [2.24, 2.45) is 0 Å². The topological polar surface area (TPSA) is 97.0 Å². The number of amides is 1. The van der Waals surface area contributed by atoms with Crippen molar-refractivity contribution in [1.29, 1.82) is 0 Å². The molecule has 196 valence electrons. The zero-order valence-corrected chi connectivity index (χ0v) is 22.0. The Morgan fingerprint density at radius 2 is 1.59 bits per heavy atom. The van der Waals surface area contributed by atoms with Crippen molar-refractivity contribution in [3.63, 3.8) is 0 Å². The Labute approximate surface area is 218 Å². The molecule has 8 nitrogen and oxygen atoms in total. The van der Waals surface area contributed by atoms with Crippen LogP contribution in [0, 0.1) is 0 Å². The van der Waals surface area contributed by atoms with Gasteiger partial charge in [0.25, 0.3) is 5.91 Å². The van der Waals surface area contributed by atoms with Gasteiger partial charge in [-0.3, -0.25) is 4.79 Å². The van der Waals surface area contributed by atoms with Gasteiger partial charge in [0.2, 0.25) is 10.0 Å². The summed E-state index contributed by atoms with van der Waals surface area (Å²) in [6, 6.07) is 21.5. The third-order valence-electron chi connectivity index (χ3n) is 6.51. The molecule has 1 fully saturated rings. The number of piperidine rings is 1. The fourth-order valence-corrected chi connectivity index (χ4v) is 5.84. The van der Waals surface area contributed by atoms with E-state index in [1.54, 1.807) is 44.6 Å². The van der Waals surface area contributed by atoms with E-state index in [1.165, 1.54) is 0 Å². The molecule has 37 heavy (non-hydrogen) atoms. The van der Waals surface area contributed by atoms with Crippen LogP contribution in [0.1, 0.15) is 28.8 Å². The van der Waals surface area contributed by atoms with E-state index in [-0.39, 0.29) is 16.8 Å². The predicted molar refractivity (Wildman–Crippen MR) is 144 cm³/mol. The second-order valence-electron chi connectivity index (χ2n) is 8.91. The van der Waals surface area contributed by atoms with Gasteiger partial charge >= 0.3 is 0 Å². The van der Waals surface area contributed by atoms with E-state index in [0.29, 0.717) is 56.0 Å². The number of carbonyl (C=O) groups is 1. The summed E-state index contributed by atoms with van der Waals surface area (Å²) in [6.45, 7) is 1.78. The van der Waals surface area contributed by atoms with Gasteiger partial charge in [0.1, 0.15) is 0 Å². The number of carbonyl (C=O) groups excluding carboxylic acids is 1. The lowest BCUT2D eigenvalue weighted by Crippen LogP contribution is -2.45. The molecule has 1 aliphatic rings. The van der Waals surface area contributed by atoms with Crippen LogP contribution in [0.25, 0.3) is 0 Å². The van der Waals surface area contributed by atoms with Crippen LogP contribution >= 0.6 is 0 Å². The molecule has 4 rings (SSSR count). The molecule has 0 spiro atoms. The fraction of sp³-hybridized carbons (Fsp3) is 0.321. The highest BCUT2D eigenvalue weighted by Gasteiger charge is 2.26. The summed E-state index contributed by atoms with van der Waals surface area (Å²) in [5.41, 5.74) is 2.50. The molecule has 1 amide bonds. The molecular weight excluding hydrogens is 490 g/mol. The zero-order chi connectivity index (χ0) is 26.3. The molecule has 2 N–H and O–H groups in total. The van der Waals surface area contributed by atoms with Gasteiger partial charge in [-0.2, -0.15) is 0 Å². The van der Waals surface area contributed by atoms with Crippen LogP contribution in [-0.2, 0) is 16.4 Å². The van der Waals surface area contributed by atoms with Gasteiger partial charge in [-0.1, -0.05) is 36.4 Å². The van der Waals surface area contributed by atoms with Crippen LogP contribution in [0.5, 0.6) is 11.5 Å².